The van der Waals surface area contributed by atoms with Gasteiger partial charge < -0.3 is 4.74 Å². The molecule has 0 aliphatic heterocycles. The standard InChI is InChI=1S/C14H11Br2N3O4S/c1-8(12-4-5-13(16)24-12)17-18-14(20)7-23-11-3-2-9(15)6-10(11)19(21)22/h2-6H,7H2,1H3,(H,18,20)/b17-8-. The molecule has 2 rings (SSSR count). The molecular weight excluding hydrogens is 466 g/mol. The van der Waals surface area contributed by atoms with Gasteiger partial charge in [0, 0.05) is 10.5 Å². The van der Waals surface area contributed by atoms with Crippen molar-refractivity contribution in [3.8, 4) is 5.75 Å². The van der Waals surface area contributed by atoms with Gasteiger partial charge in [-0.15, -0.1) is 11.3 Å². The average Bonchev–Trinajstić information content (AvgIpc) is 2.97. The highest BCUT2D eigenvalue weighted by Crippen LogP contribution is 2.30. The molecule has 0 bridgehead atoms. The van der Waals surface area contributed by atoms with Crippen LogP contribution in [0.3, 0.4) is 0 Å². The Labute approximate surface area is 158 Å². The van der Waals surface area contributed by atoms with Crippen molar-refractivity contribution >= 4 is 60.5 Å². The molecule has 1 aromatic heterocycles. The van der Waals surface area contributed by atoms with Gasteiger partial charge in [-0.05, 0) is 47.1 Å². The Morgan fingerprint density at radius 1 is 1.38 bits per heavy atom. The van der Waals surface area contributed by atoms with Gasteiger partial charge in [-0.25, -0.2) is 5.43 Å². The first-order valence-corrected chi connectivity index (χ1v) is 8.92. The van der Waals surface area contributed by atoms with Gasteiger partial charge in [0.1, 0.15) is 0 Å². The fourth-order valence-electron chi connectivity index (χ4n) is 1.64. The van der Waals surface area contributed by atoms with E-state index < -0.39 is 10.8 Å². The Hall–Kier alpha value is -1.78. The number of nitro benzene ring substituents is 1. The van der Waals surface area contributed by atoms with Gasteiger partial charge in [0.15, 0.2) is 12.4 Å². The number of nitrogens with zero attached hydrogens (tertiary/aromatic N) is 2. The van der Waals surface area contributed by atoms with Crippen LogP contribution >= 0.6 is 43.2 Å². The SMILES string of the molecule is C/C(=N/NC(=O)COc1ccc(Br)cc1[N+](=O)[O-])c1ccc(Br)s1. The van der Waals surface area contributed by atoms with E-state index in [4.69, 9.17) is 4.74 Å². The molecule has 0 saturated heterocycles. The van der Waals surface area contributed by atoms with E-state index in [0.29, 0.717) is 10.2 Å². The highest BCUT2D eigenvalue weighted by molar-refractivity contribution is 9.11. The van der Waals surface area contributed by atoms with Crippen molar-refractivity contribution in [2.24, 2.45) is 5.10 Å². The van der Waals surface area contributed by atoms with Crippen LogP contribution in [0.25, 0.3) is 0 Å². The third-order valence-corrected chi connectivity index (χ3v) is 4.98. The summed E-state index contributed by atoms with van der Waals surface area (Å²) >= 11 is 7.99. The predicted octanol–water partition coefficient (Wildman–Crippen LogP) is 4.10. The van der Waals surface area contributed by atoms with Crippen molar-refractivity contribution in [3.63, 3.8) is 0 Å². The number of halogens is 2. The highest BCUT2D eigenvalue weighted by Gasteiger charge is 2.16. The maximum absolute atomic E-state index is 11.8. The first-order chi connectivity index (χ1) is 11.4. The lowest BCUT2D eigenvalue weighted by molar-refractivity contribution is -0.385. The molecule has 0 aliphatic rings. The number of nitrogens with one attached hydrogen (secondary N) is 1. The average molecular weight is 477 g/mol. The van der Waals surface area contributed by atoms with Crippen molar-refractivity contribution in [2.75, 3.05) is 6.61 Å². The van der Waals surface area contributed by atoms with Crippen molar-refractivity contribution in [1.29, 1.82) is 0 Å². The number of carbonyl (C=O) groups excluding carboxylic acids is 1. The Bertz CT molecular complexity index is 807. The Balaban J connectivity index is 1.95. The third kappa shape index (κ3) is 5.11. The molecule has 1 heterocycles. The molecule has 1 aromatic carbocycles. The molecule has 0 fully saturated rings. The van der Waals surface area contributed by atoms with Gasteiger partial charge in [-0.2, -0.15) is 5.10 Å². The number of rotatable bonds is 6. The van der Waals surface area contributed by atoms with Crippen LogP contribution in [0, 0.1) is 10.1 Å². The number of amides is 1. The number of hydrazone groups is 1. The molecule has 0 saturated carbocycles. The third-order valence-electron chi connectivity index (χ3n) is 2.75. The molecule has 0 spiro atoms. The van der Waals surface area contributed by atoms with E-state index in [1.807, 2.05) is 12.1 Å². The molecule has 0 atom stereocenters. The van der Waals surface area contributed by atoms with Gasteiger partial charge in [-0.3, -0.25) is 14.9 Å². The molecule has 1 N–H and O–H groups in total. The Morgan fingerprint density at radius 3 is 2.75 bits per heavy atom. The Morgan fingerprint density at radius 2 is 2.12 bits per heavy atom. The van der Waals surface area contributed by atoms with E-state index >= 15 is 0 Å². The van der Waals surface area contributed by atoms with E-state index in [2.05, 4.69) is 42.4 Å². The van der Waals surface area contributed by atoms with Crippen molar-refractivity contribution in [2.45, 2.75) is 6.92 Å². The molecule has 24 heavy (non-hydrogen) atoms. The minimum atomic E-state index is -0.574. The number of ether oxygens (including phenoxy) is 1. The van der Waals surface area contributed by atoms with E-state index in [1.165, 1.54) is 23.5 Å². The summed E-state index contributed by atoms with van der Waals surface area (Å²) in [5.74, 6) is -0.497. The molecule has 0 unspecified atom stereocenters. The largest absolute Gasteiger partial charge is 0.477 e. The zero-order valence-electron chi connectivity index (χ0n) is 12.3. The summed E-state index contributed by atoms with van der Waals surface area (Å²) in [6, 6.07) is 8.09. The van der Waals surface area contributed by atoms with E-state index in [9.17, 15) is 14.9 Å². The van der Waals surface area contributed by atoms with Crippen LogP contribution in [0.5, 0.6) is 5.75 Å². The van der Waals surface area contributed by atoms with Crippen LogP contribution in [-0.2, 0) is 4.79 Å². The number of carbonyl (C=O) groups is 1. The predicted molar refractivity (Wildman–Crippen MR) is 98.7 cm³/mol. The number of benzene rings is 1. The quantitative estimate of drug-likeness (QED) is 0.385. The zero-order chi connectivity index (χ0) is 17.7. The summed E-state index contributed by atoms with van der Waals surface area (Å²) in [5.41, 5.74) is 2.78. The normalized spacial score (nSPS) is 11.2. The van der Waals surface area contributed by atoms with Crippen LogP contribution in [0.4, 0.5) is 5.69 Å². The summed E-state index contributed by atoms with van der Waals surface area (Å²) in [5, 5.41) is 14.9. The van der Waals surface area contributed by atoms with Crippen molar-refractivity contribution in [3.05, 3.63) is 53.6 Å². The number of hydrogen-bond donors (Lipinski definition) is 1. The summed E-state index contributed by atoms with van der Waals surface area (Å²) in [7, 11) is 0. The van der Waals surface area contributed by atoms with Crippen LogP contribution < -0.4 is 10.2 Å². The van der Waals surface area contributed by atoms with Gasteiger partial charge in [0.25, 0.3) is 5.91 Å². The molecule has 0 aliphatic carbocycles. The topological polar surface area (TPSA) is 93.8 Å². The number of hydrogen-bond acceptors (Lipinski definition) is 6. The van der Waals surface area contributed by atoms with E-state index in [0.717, 1.165) is 8.66 Å². The molecule has 10 heteroatoms. The van der Waals surface area contributed by atoms with Crippen LogP contribution in [-0.4, -0.2) is 23.1 Å². The van der Waals surface area contributed by atoms with Crippen molar-refractivity contribution < 1.29 is 14.5 Å². The molecule has 2 aromatic rings. The van der Waals surface area contributed by atoms with E-state index in [-0.39, 0.29) is 18.0 Å². The maximum Gasteiger partial charge on any atom is 0.312 e. The highest BCUT2D eigenvalue weighted by atomic mass is 79.9. The fraction of sp³-hybridized carbons (Fsp3) is 0.143. The van der Waals surface area contributed by atoms with Crippen LogP contribution in [0.2, 0.25) is 0 Å². The smallest absolute Gasteiger partial charge is 0.312 e. The van der Waals surface area contributed by atoms with Gasteiger partial charge in [-0.1, -0.05) is 15.9 Å². The van der Waals surface area contributed by atoms with Crippen molar-refractivity contribution in [1.82, 2.24) is 5.43 Å². The second-order valence-electron chi connectivity index (χ2n) is 4.49. The first-order valence-electron chi connectivity index (χ1n) is 6.52. The monoisotopic (exact) mass is 475 g/mol. The minimum Gasteiger partial charge on any atom is -0.477 e. The van der Waals surface area contributed by atoms with Gasteiger partial charge in [0.2, 0.25) is 0 Å². The lowest BCUT2D eigenvalue weighted by atomic mass is 10.3. The number of thiophene rings is 1. The lowest BCUT2D eigenvalue weighted by Crippen LogP contribution is -2.25. The molecule has 126 valence electrons. The fourth-order valence-corrected chi connectivity index (χ4v) is 3.32. The van der Waals surface area contributed by atoms with Gasteiger partial charge >= 0.3 is 5.69 Å². The molecule has 0 radical (unpaired) electrons. The summed E-state index contributed by atoms with van der Waals surface area (Å²) in [6.45, 7) is 1.38. The molecule has 1 amide bonds. The second-order valence-corrected chi connectivity index (χ2v) is 7.87. The number of nitro groups is 1. The lowest BCUT2D eigenvalue weighted by Gasteiger charge is -2.06. The zero-order valence-corrected chi connectivity index (χ0v) is 16.3. The van der Waals surface area contributed by atoms with Gasteiger partial charge in [0.05, 0.1) is 19.3 Å². The summed E-state index contributed by atoms with van der Waals surface area (Å²) < 4.78 is 6.72. The molecule has 7 nitrogen and oxygen atoms in total. The maximum atomic E-state index is 11.8. The summed E-state index contributed by atoms with van der Waals surface area (Å²) in [4.78, 5) is 23.1. The van der Waals surface area contributed by atoms with E-state index in [1.54, 1.807) is 13.0 Å². The first kappa shape index (κ1) is 18.6. The van der Waals surface area contributed by atoms with Crippen LogP contribution in [0.1, 0.15) is 11.8 Å². The van der Waals surface area contributed by atoms with Crippen LogP contribution in [0.15, 0.2) is 43.7 Å². The minimum absolute atomic E-state index is 0.0150. The Kier molecular flexibility index (Phi) is 6.46. The second kappa shape index (κ2) is 8.36. The molecular formula is C14H11Br2N3O4S. The summed E-state index contributed by atoms with van der Waals surface area (Å²) in [6.07, 6.45) is 0.